The van der Waals surface area contributed by atoms with E-state index >= 15 is 0 Å². The van der Waals surface area contributed by atoms with Crippen LogP contribution in [-0.4, -0.2) is 164 Å². The van der Waals surface area contributed by atoms with Gasteiger partial charge in [-0.1, -0.05) is 56.3 Å². The number of aliphatic hydroxyl groups is 1. The van der Waals surface area contributed by atoms with E-state index in [-0.39, 0.29) is 50.3 Å². The zero-order chi connectivity index (χ0) is 54.5. The minimum Gasteiger partial charge on any atom is -0.508 e. The topological polar surface area (TPSA) is 365 Å². The van der Waals surface area contributed by atoms with E-state index in [1.807, 2.05) is 0 Å². The van der Waals surface area contributed by atoms with Crippen LogP contribution in [0.3, 0.4) is 0 Å². The van der Waals surface area contributed by atoms with Crippen molar-refractivity contribution in [2.45, 2.75) is 146 Å². The highest BCUT2D eigenvalue weighted by Gasteiger charge is 2.41. The van der Waals surface area contributed by atoms with Crippen LogP contribution in [0.5, 0.6) is 5.75 Å². The number of benzene rings is 2. The first-order valence-corrected chi connectivity index (χ1v) is 25.4. The third-order valence-corrected chi connectivity index (χ3v) is 12.5. The van der Waals surface area contributed by atoms with Gasteiger partial charge in [0.15, 0.2) is 0 Å². The van der Waals surface area contributed by atoms with Gasteiger partial charge in [-0.2, -0.15) is 11.8 Å². The Kier molecular flexibility index (Phi) is 24.6. The number of nitrogens with two attached hydrogens (primary N) is 1. The Morgan fingerprint density at radius 2 is 1.19 bits per heavy atom. The molecule has 0 unspecified atom stereocenters. The second-order valence-corrected chi connectivity index (χ2v) is 19.5. The number of carbonyl (C=O) groups is 10. The second kappa shape index (κ2) is 29.7. The molecule has 0 spiro atoms. The van der Waals surface area contributed by atoms with Gasteiger partial charge in [-0.15, -0.1) is 0 Å². The van der Waals surface area contributed by atoms with Crippen LogP contribution < -0.4 is 43.0 Å². The quantitative estimate of drug-likeness (QED) is 0.0468. The standard InChI is InChI=1S/C49H71N9O14S/c1-26(2)23-37(49(71)72)56-45(67)35(20-22-73-6)54-47(69)38-13-10-21-58(38)48(70)40(29(5)59)57-42(64)28(4)51-44(66)34(18-19-39(61)62)53-41(63)27(3)52-46(68)36(25-31-14-16-32(60)17-15-31)55-43(65)33(50)24-30-11-8-7-9-12-30/h7-9,11-12,14-17,26-29,33-38,40,59-60H,10,13,18-25,50H2,1-6H3,(H,51,66)(H,52,68)(H,53,63)(H,54,69)(H,55,65)(H,56,67)(H,57,64)(H,61,62)(H,71,72)/t27-,28-,29+,33-,34-,35-,36-,37-,38-,40-/m0/s1. The maximum Gasteiger partial charge on any atom is 0.326 e. The molecule has 1 heterocycles. The number of rotatable bonds is 29. The summed E-state index contributed by atoms with van der Waals surface area (Å²) in [6, 6.07) is 2.92. The molecule has 2 aromatic rings. The van der Waals surface area contributed by atoms with Crippen molar-refractivity contribution in [2.24, 2.45) is 11.7 Å². The summed E-state index contributed by atoms with van der Waals surface area (Å²) in [4.78, 5) is 133. The Balaban J connectivity index is 1.70. The van der Waals surface area contributed by atoms with Crippen molar-refractivity contribution in [1.29, 1.82) is 0 Å². The van der Waals surface area contributed by atoms with Gasteiger partial charge in [0.1, 0.15) is 54.1 Å². The number of phenolic OH excluding ortho intramolecular Hbond substituents is 1. The fraction of sp³-hybridized carbons (Fsp3) is 0.551. The van der Waals surface area contributed by atoms with Gasteiger partial charge in [-0.05, 0) is 100 Å². The van der Waals surface area contributed by atoms with Crippen molar-refractivity contribution in [3.05, 3.63) is 65.7 Å². The number of nitrogens with one attached hydrogen (secondary N) is 7. The Labute approximate surface area is 428 Å². The minimum atomic E-state index is -1.64. The third-order valence-electron chi connectivity index (χ3n) is 11.9. The number of phenols is 1. The number of hydrogen-bond acceptors (Lipinski definition) is 14. The zero-order valence-electron chi connectivity index (χ0n) is 41.9. The number of nitrogens with zero attached hydrogens (tertiary/aromatic N) is 1. The van der Waals surface area contributed by atoms with Gasteiger partial charge in [-0.25, -0.2) is 4.79 Å². The minimum absolute atomic E-state index is 0.0385. The lowest BCUT2D eigenvalue weighted by atomic mass is 10.0. The fourth-order valence-corrected chi connectivity index (χ4v) is 8.27. The van der Waals surface area contributed by atoms with Crippen LogP contribution >= 0.6 is 11.8 Å². The lowest BCUT2D eigenvalue weighted by Gasteiger charge is -2.31. The molecular weight excluding hydrogens is 971 g/mol. The molecule has 10 atom stereocenters. The van der Waals surface area contributed by atoms with Gasteiger partial charge in [0.2, 0.25) is 47.3 Å². The fourth-order valence-electron chi connectivity index (χ4n) is 7.80. The summed E-state index contributed by atoms with van der Waals surface area (Å²) < 4.78 is 0. The molecule has 2 aromatic carbocycles. The molecule has 0 radical (unpaired) electrons. The molecule has 24 heteroatoms. The highest BCUT2D eigenvalue weighted by Crippen LogP contribution is 2.21. The van der Waals surface area contributed by atoms with E-state index in [1.165, 1.54) is 56.8 Å². The summed E-state index contributed by atoms with van der Waals surface area (Å²) in [5.41, 5.74) is 7.49. The largest absolute Gasteiger partial charge is 0.508 e. The lowest BCUT2D eigenvalue weighted by molar-refractivity contribution is -0.145. The first-order valence-electron chi connectivity index (χ1n) is 24.0. The molecule has 1 fully saturated rings. The number of aromatic hydroxyl groups is 1. The maximum atomic E-state index is 14.0. The number of likely N-dealkylation sites (tertiary alicyclic amines) is 1. The Hall–Kier alpha value is -6.79. The van der Waals surface area contributed by atoms with Gasteiger partial charge < -0.3 is 68.3 Å². The molecule has 23 nitrogen and oxygen atoms in total. The molecule has 0 aliphatic carbocycles. The first kappa shape index (κ1) is 60.5. The van der Waals surface area contributed by atoms with E-state index < -0.39 is 133 Å². The van der Waals surface area contributed by atoms with Crippen molar-refractivity contribution in [2.75, 3.05) is 18.6 Å². The van der Waals surface area contributed by atoms with Crippen molar-refractivity contribution in [3.63, 3.8) is 0 Å². The van der Waals surface area contributed by atoms with Gasteiger partial charge in [0, 0.05) is 19.4 Å². The van der Waals surface area contributed by atoms with E-state index in [2.05, 4.69) is 37.2 Å². The number of amides is 8. The molecule has 13 N–H and O–H groups in total. The zero-order valence-corrected chi connectivity index (χ0v) is 42.7. The predicted molar refractivity (Wildman–Crippen MR) is 268 cm³/mol. The highest BCUT2D eigenvalue weighted by atomic mass is 32.2. The second-order valence-electron chi connectivity index (χ2n) is 18.5. The average Bonchev–Trinajstić information content (AvgIpc) is 3.83. The van der Waals surface area contributed by atoms with Crippen LogP contribution in [0.1, 0.15) is 84.3 Å². The summed E-state index contributed by atoms with van der Waals surface area (Å²) in [7, 11) is 0. The Morgan fingerprint density at radius 1 is 0.658 bits per heavy atom. The van der Waals surface area contributed by atoms with Crippen molar-refractivity contribution in [1.82, 2.24) is 42.1 Å². The van der Waals surface area contributed by atoms with E-state index in [0.29, 0.717) is 17.7 Å². The molecule has 73 heavy (non-hydrogen) atoms. The summed E-state index contributed by atoms with van der Waals surface area (Å²) in [5.74, 6) is -8.92. The Bertz CT molecular complexity index is 2240. The molecule has 8 amide bonds. The van der Waals surface area contributed by atoms with Crippen LogP contribution in [0.2, 0.25) is 0 Å². The molecule has 0 saturated carbocycles. The first-order chi connectivity index (χ1) is 34.4. The Morgan fingerprint density at radius 3 is 1.75 bits per heavy atom. The lowest BCUT2D eigenvalue weighted by Crippen LogP contribution is -2.61. The number of carboxylic acids is 2. The van der Waals surface area contributed by atoms with Crippen LogP contribution in [0, 0.1) is 5.92 Å². The molecule has 1 aliphatic rings. The van der Waals surface area contributed by atoms with Crippen molar-refractivity contribution in [3.8, 4) is 5.75 Å². The van der Waals surface area contributed by atoms with Gasteiger partial charge in [0.25, 0.3) is 0 Å². The maximum absolute atomic E-state index is 14.0. The summed E-state index contributed by atoms with van der Waals surface area (Å²) in [5, 5.41) is 57.1. The van der Waals surface area contributed by atoms with E-state index in [4.69, 9.17) is 5.73 Å². The average molecular weight is 1040 g/mol. The summed E-state index contributed by atoms with van der Waals surface area (Å²) in [6.45, 7) is 7.37. The van der Waals surface area contributed by atoms with Crippen LogP contribution in [0.4, 0.5) is 0 Å². The number of aliphatic hydroxyl groups excluding tert-OH is 1. The van der Waals surface area contributed by atoms with Gasteiger partial charge >= 0.3 is 11.9 Å². The highest BCUT2D eigenvalue weighted by molar-refractivity contribution is 7.98. The normalized spacial score (nSPS) is 16.9. The van der Waals surface area contributed by atoms with Gasteiger partial charge in [-0.3, -0.25) is 43.2 Å². The molecule has 0 bridgehead atoms. The molecule has 402 valence electrons. The van der Waals surface area contributed by atoms with Crippen LogP contribution in [0.25, 0.3) is 0 Å². The van der Waals surface area contributed by atoms with Crippen molar-refractivity contribution < 1.29 is 68.4 Å². The predicted octanol–water partition coefficient (Wildman–Crippen LogP) is -0.942. The number of carbonyl (C=O) groups excluding carboxylic acids is 8. The summed E-state index contributed by atoms with van der Waals surface area (Å²) in [6.07, 6.45) is 0.0594. The molecular formula is C49H71N9O14S. The molecule has 3 rings (SSSR count). The van der Waals surface area contributed by atoms with Crippen LogP contribution in [-0.2, 0) is 60.8 Å². The van der Waals surface area contributed by atoms with Crippen molar-refractivity contribution >= 4 is 71.0 Å². The number of aliphatic carboxylic acids is 2. The molecule has 0 aromatic heterocycles. The number of thioether (sulfide) groups is 1. The third kappa shape index (κ3) is 20.0. The van der Waals surface area contributed by atoms with Crippen LogP contribution in [0.15, 0.2) is 54.6 Å². The number of carboxylic acid groups (broad SMARTS) is 2. The monoisotopic (exact) mass is 1040 g/mol. The van der Waals surface area contributed by atoms with Gasteiger partial charge in [0.05, 0.1) is 12.1 Å². The SMILES string of the molecule is CSCC[C@H](NC(=O)[C@@H]1CCCN1C(=O)[C@@H](NC(=O)[C@H](C)NC(=O)[C@H](CCC(=O)O)NC(=O)[C@H](C)NC(=O)[C@H](Cc1ccc(O)cc1)NC(=O)[C@@H](N)Cc1ccccc1)[C@@H](C)O)C(=O)N[C@@H](CC(C)C)C(=O)O. The smallest absolute Gasteiger partial charge is 0.326 e. The molecule has 1 saturated heterocycles. The van der Waals surface area contributed by atoms with E-state index in [1.54, 1.807) is 50.4 Å². The van der Waals surface area contributed by atoms with E-state index in [0.717, 1.165) is 10.5 Å². The molecule has 1 aliphatic heterocycles. The number of hydrogen-bond donors (Lipinski definition) is 12. The van der Waals surface area contributed by atoms with E-state index in [9.17, 15) is 68.4 Å². The summed E-state index contributed by atoms with van der Waals surface area (Å²) >= 11 is 1.40.